The van der Waals surface area contributed by atoms with E-state index in [0.717, 1.165) is 16.5 Å². The highest BCUT2D eigenvalue weighted by atomic mass is 32.2. The number of sulfonamides is 1. The van der Waals surface area contributed by atoms with Crippen LogP contribution < -0.4 is 10.1 Å². The third kappa shape index (κ3) is 3.92. The molecule has 2 aromatic heterocycles. The first-order valence-corrected chi connectivity index (χ1v) is 11.3. The monoisotopic (exact) mass is 432 g/mol. The number of nitrogens with zero attached hydrogens (tertiary/aromatic N) is 2. The van der Waals surface area contributed by atoms with Crippen molar-refractivity contribution < 1.29 is 17.5 Å². The number of benzene rings is 1. The Balaban J connectivity index is 1.66. The number of aromatic nitrogens is 2. The first-order valence-electron chi connectivity index (χ1n) is 9.82. The van der Waals surface area contributed by atoms with Crippen LogP contribution in [0.2, 0.25) is 0 Å². The zero-order valence-corrected chi connectivity index (χ0v) is 17.8. The predicted molar refractivity (Wildman–Crippen MR) is 114 cm³/mol. The van der Waals surface area contributed by atoms with Crippen LogP contribution in [0.25, 0.3) is 22.2 Å². The van der Waals surface area contributed by atoms with Crippen molar-refractivity contribution in [3.63, 3.8) is 0 Å². The Labute approximate surface area is 175 Å². The van der Waals surface area contributed by atoms with Gasteiger partial charge in [-0.05, 0) is 49.7 Å². The average Bonchev–Trinajstić information content (AvgIpc) is 3.17. The van der Waals surface area contributed by atoms with Crippen LogP contribution in [-0.4, -0.2) is 62.2 Å². The summed E-state index contributed by atoms with van der Waals surface area (Å²) in [6, 6.07) is 8.38. The molecule has 4 rings (SSSR count). The Morgan fingerprint density at radius 1 is 1.17 bits per heavy atom. The molecule has 30 heavy (non-hydrogen) atoms. The average molecular weight is 433 g/mol. The third-order valence-corrected chi connectivity index (χ3v) is 7.29. The van der Waals surface area contributed by atoms with Crippen LogP contribution in [0.4, 0.5) is 4.39 Å². The number of rotatable bonds is 6. The minimum atomic E-state index is -3.50. The van der Waals surface area contributed by atoms with E-state index < -0.39 is 15.7 Å². The number of aromatic amines is 1. The number of hydrogen-bond donors (Lipinski definition) is 2. The summed E-state index contributed by atoms with van der Waals surface area (Å²) in [6.07, 6.45) is 4.26. The Morgan fingerprint density at radius 2 is 1.87 bits per heavy atom. The van der Waals surface area contributed by atoms with E-state index in [1.165, 1.54) is 18.4 Å². The summed E-state index contributed by atoms with van der Waals surface area (Å²) in [5.41, 5.74) is 0.916. The minimum Gasteiger partial charge on any atom is -0.489 e. The van der Waals surface area contributed by atoms with Gasteiger partial charge in [-0.25, -0.2) is 22.1 Å². The lowest BCUT2D eigenvalue weighted by Gasteiger charge is -2.29. The lowest BCUT2D eigenvalue weighted by molar-refractivity contribution is 0.0546. The van der Waals surface area contributed by atoms with Crippen LogP contribution in [0.5, 0.6) is 5.75 Å². The molecule has 1 aromatic carbocycles. The van der Waals surface area contributed by atoms with Gasteiger partial charge < -0.3 is 15.0 Å². The number of H-pyrrole nitrogens is 1. The van der Waals surface area contributed by atoms with Gasteiger partial charge in [0.25, 0.3) is 0 Å². The largest absolute Gasteiger partial charge is 0.489 e. The van der Waals surface area contributed by atoms with Crippen LogP contribution in [-0.2, 0) is 10.0 Å². The SMILES string of the molecule is CN(C)S(=O)(=O)c1ccc(-c2c[nH]c3nccc(OCC4(F)CCNCC4)c23)cc1. The van der Waals surface area contributed by atoms with E-state index in [0.29, 0.717) is 37.3 Å². The Bertz CT molecular complexity index is 1140. The van der Waals surface area contributed by atoms with Crippen LogP contribution in [0.15, 0.2) is 47.6 Å². The number of piperidine rings is 1. The van der Waals surface area contributed by atoms with E-state index in [-0.39, 0.29) is 11.5 Å². The van der Waals surface area contributed by atoms with E-state index >= 15 is 0 Å². The molecule has 0 spiro atoms. The van der Waals surface area contributed by atoms with Crippen LogP contribution in [0.1, 0.15) is 12.8 Å². The molecule has 7 nitrogen and oxygen atoms in total. The quantitative estimate of drug-likeness (QED) is 0.625. The van der Waals surface area contributed by atoms with Gasteiger partial charge in [0.2, 0.25) is 10.0 Å². The molecule has 3 aromatic rings. The second-order valence-electron chi connectivity index (χ2n) is 7.74. The Morgan fingerprint density at radius 3 is 2.53 bits per heavy atom. The molecule has 1 aliphatic rings. The van der Waals surface area contributed by atoms with Gasteiger partial charge in [0, 0.05) is 32.1 Å². The standard InChI is InChI=1S/C21H25FN4O3S/c1-26(2)30(27,28)16-5-3-15(4-6-16)17-13-25-20-19(17)18(7-10-24-20)29-14-21(22)8-11-23-12-9-21/h3-7,10,13,23H,8-9,11-12,14H2,1-2H3,(H,24,25). The van der Waals surface area contributed by atoms with E-state index in [4.69, 9.17) is 4.74 Å². The minimum absolute atomic E-state index is 0.0154. The highest BCUT2D eigenvalue weighted by molar-refractivity contribution is 7.89. The molecule has 0 unspecified atom stereocenters. The summed E-state index contributed by atoms with van der Waals surface area (Å²) in [7, 11) is -0.503. The van der Waals surface area contributed by atoms with Crippen molar-refractivity contribution in [1.29, 1.82) is 0 Å². The normalized spacial score (nSPS) is 16.8. The third-order valence-electron chi connectivity index (χ3n) is 5.47. The van der Waals surface area contributed by atoms with E-state index in [1.807, 2.05) is 0 Å². The summed E-state index contributed by atoms with van der Waals surface area (Å²) >= 11 is 0. The molecular weight excluding hydrogens is 407 g/mol. The summed E-state index contributed by atoms with van der Waals surface area (Å²) in [6.45, 7) is 1.27. The molecule has 9 heteroatoms. The molecule has 0 radical (unpaired) electrons. The number of fused-ring (bicyclic) bond motifs is 1. The maximum atomic E-state index is 15.0. The smallest absolute Gasteiger partial charge is 0.242 e. The van der Waals surface area contributed by atoms with Crippen molar-refractivity contribution >= 4 is 21.1 Å². The summed E-state index contributed by atoms with van der Waals surface area (Å²) in [4.78, 5) is 7.67. The zero-order chi connectivity index (χ0) is 21.4. The first kappa shape index (κ1) is 20.8. The Kier molecular flexibility index (Phi) is 5.52. The molecule has 0 amide bonds. The molecule has 1 aliphatic heterocycles. The molecule has 2 N–H and O–H groups in total. The zero-order valence-electron chi connectivity index (χ0n) is 17.0. The molecule has 1 fully saturated rings. The second kappa shape index (κ2) is 7.98. The number of halogens is 1. The van der Waals surface area contributed by atoms with Gasteiger partial charge in [-0.2, -0.15) is 0 Å². The van der Waals surface area contributed by atoms with Crippen molar-refractivity contribution in [2.45, 2.75) is 23.4 Å². The van der Waals surface area contributed by atoms with Crippen molar-refractivity contribution in [3.8, 4) is 16.9 Å². The highest BCUT2D eigenvalue weighted by Gasteiger charge is 2.33. The fourth-order valence-corrected chi connectivity index (χ4v) is 4.52. The second-order valence-corrected chi connectivity index (χ2v) is 9.89. The van der Waals surface area contributed by atoms with E-state index in [1.54, 1.807) is 42.7 Å². The van der Waals surface area contributed by atoms with Crippen molar-refractivity contribution in [2.75, 3.05) is 33.8 Å². The number of ether oxygens (including phenoxy) is 1. The molecule has 0 atom stereocenters. The number of hydrogen-bond acceptors (Lipinski definition) is 5. The lowest BCUT2D eigenvalue weighted by Crippen LogP contribution is -2.42. The molecule has 0 aliphatic carbocycles. The van der Waals surface area contributed by atoms with Crippen LogP contribution in [0, 0.1) is 0 Å². The predicted octanol–water partition coefficient (Wildman–Crippen LogP) is 2.95. The number of nitrogens with one attached hydrogen (secondary N) is 2. The van der Waals surface area contributed by atoms with Gasteiger partial charge in [0.15, 0.2) is 0 Å². The fourth-order valence-electron chi connectivity index (χ4n) is 3.62. The maximum absolute atomic E-state index is 15.0. The molecule has 0 bridgehead atoms. The van der Waals surface area contributed by atoms with Crippen LogP contribution in [0.3, 0.4) is 0 Å². The molecule has 3 heterocycles. The van der Waals surface area contributed by atoms with Crippen molar-refractivity contribution in [1.82, 2.24) is 19.6 Å². The molecule has 160 valence electrons. The number of pyridine rings is 1. The van der Waals surface area contributed by atoms with Gasteiger partial charge in [-0.3, -0.25) is 0 Å². The van der Waals surface area contributed by atoms with Crippen molar-refractivity contribution in [3.05, 3.63) is 42.7 Å². The van der Waals surface area contributed by atoms with Gasteiger partial charge in [-0.1, -0.05) is 12.1 Å². The molecule has 1 saturated heterocycles. The first-order chi connectivity index (χ1) is 14.3. The Hall–Kier alpha value is -2.49. The summed E-state index contributed by atoms with van der Waals surface area (Å²) in [5, 5.41) is 3.91. The van der Waals surface area contributed by atoms with Gasteiger partial charge in [-0.15, -0.1) is 0 Å². The lowest BCUT2D eigenvalue weighted by atomic mass is 9.95. The highest BCUT2D eigenvalue weighted by Crippen LogP contribution is 2.36. The maximum Gasteiger partial charge on any atom is 0.242 e. The molecular formula is C21H25FN4O3S. The van der Waals surface area contributed by atoms with Crippen LogP contribution >= 0.6 is 0 Å². The fraction of sp³-hybridized carbons (Fsp3) is 0.381. The van der Waals surface area contributed by atoms with Gasteiger partial charge in [0.05, 0.1) is 10.3 Å². The van der Waals surface area contributed by atoms with Gasteiger partial charge >= 0.3 is 0 Å². The van der Waals surface area contributed by atoms with Crippen molar-refractivity contribution in [2.24, 2.45) is 0 Å². The van der Waals surface area contributed by atoms with Gasteiger partial charge in [0.1, 0.15) is 23.7 Å². The van der Waals surface area contributed by atoms with E-state index in [9.17, 15) is 12.8 Å². The summed E-state index contributed by atoms with van der Waals surface area (Å²) in [5.74, 6) is 0.553. The van der Waals surface area contributed by atoms with E-state index in [2.05, 4.69) is 15.3 Å². The topological polar surface area (TPSA) is 87.3 Å². The summed E-state index contributed by atoms with van der Waals surface area (Å²) < 4.78 is 46.7. The number of alkyl halides is 1. The molecule has 0 saturated carbocycles.